The van der Waals surface area contributed by atoms with E-state index in [4.69, 9.17) is 30.9 Å². The van der Waals surface area contributed by atoms with Crippen LogP contribution in [0.15, 0.2) is 78.9 Å². The topological polar surface area (TPSA) is 107 Å². The molecule has 0 bridgehead atoms. The van der Waals surface area contributed by atoms with Crippen LogP contribution in [0.25, 0.3) is 11.3 Å². The molecule has 1 aliphatic heterocycles. The molecule has 0 radical (unpaired) electrons. The molecule has 192 valence electrons. The van der Waals surface area contributed by atoms with Crippen LogP contribution in [0.5, 0.6) is 17.2 Å². The van der Waals surface area contributed by atoms with E-state index in [1.165, 1.54) is 12.1 Å². The summed E-state index contributed by atoms with van der Waals surface area (Å²) in [4.78, 5) is 28.2. The van der Waals surface area contributed by atoms with Crippen molar-refractivity contribution in [1.29, 1.82) is 0 Å². The standard InChI is InChI=1S/C28H20ClFN2O6/c29-21-14-20-23(38-28(34)35)12-13-36-24(20)15-25(21)37-19-10-6-17(7-11-19)27(33)32-26-3-1-2-22(31-26)16-4-8-18(30)9-5-16/h1-11,14-15,23H,12-13H2,(H,34,35)(H,31,32,33). The van der Waals surface area contributed by atoms with Gasteiger partial charge in [0.25, 0.3) is 5.91 Å². The van der Waals surface area contributed by atoms with Crippen LogP contribution in [0.3, 0.4) is 0 Å². The Morgan fingerprint density at radius 1 is 1.05 bits per heavy atom. The molecule has 1 amide bonds. The molecule has 38 heavy (non-hydrogen) atoms. The third-order valence-electron chi connectivity index (χ3n) is 5.77. The van der Waals surface area contributed by atoms with Gasteiger partial charge in [-0.05, 0) is 66.7 Å². The van der Waals surface area contributed by atoms with Gasteiger partial charge in [0, 0.05) is 29.2 Å². The Balaban J connectivity index is 1.27. The number of carboxylic acid groups (broad SMARTS) is 1. The van der Waals surface area contributed by atoms with E-state index < -0.39 is 12.3 Å². The van der Waals surface area contributed by atoms with Crippen molar-refractivity contribution in [3.05, 3.63) is 101 Å². The number of halogens is 2. The summed E-state index contributed by atoms with van der Waals surface area (Å²) in [7, 11) is 0. The van der Waals surface area contributed by atoms with Gasteiger partial charge in [-0.25, -0.2) is 14.2 Å². The van der Waals surface area contributed by atoms with Gasteiger partial charge in [0.1, 0.15) is 35.0 Å². The number of amides is 1. The Kier molecular flexibility index (Phi) is 7.10. The first kappa shape index (κ1) is 25.0. The molecule has 2 heterocycles. The summed E-state index contributed by atoms with van der Waals surface area (Å²) in [6.07, 6.45) is -1.67. The molecule has 10 heteroatoms. The van der Waals surface area contributed by atoms with Crippen molar-refractivity contribution in [2.24, 2.45) is 0 Å². The molecule has 3 aromatic carbocycles. The van der Waals surface area contributed by atoms with Gasteiger partial charge in [-0.2, -0.15) is 0 Å². The van der Waals surface area contributed by atoms with E-state index in [2.05, 4.69) is 10.3 Å². The Morgan fingerprint density at radius 2 is 1.82 bits per heavy atom. The van der Waals surface area contributed by atoms with Crippen LogP contribution < -0.4 is 14.8 Å². The number of aromatic nitrogens is 1. The molecule has 8 nitrogen and oxygen atoms in total. The van der Waals surface area contributed by atoms with Crippen LogP contribution in [-0.2, 0) is 4.74 Å². The van der Waals surface area contributed by atoms with E-state index in [0.29, 0.717) is 46.3 Å². The van der Waals surface area contributed by atoms with Gasteiger partial charge in [-0.15, -0.1) is 0 Å². The fraction of sp³-hybridized carbons (Fsp3) is 0.107. The molecule has 0 saturated heterocycles. The van der Waals surface area contributed by atoms with Crippen LogP contribution in [-0.4, -0.2) is 28.8 Å². The van der Waals surface area contributed by atoms with E-state index >= 15 is 0 Å². The lowest BCUT2D eigenvalue weighted by Crippen LogP contribution is -2.18. The maximum Gasteiger partial charge on any atom is 0.506 e. The molecule has 0 fully saturated rings. The number of nitrogens with one attached hydrogen (secondary N) is 1. The third-order valence-corrected chi connectivity index (χ3v) is 6.06. The van der Waals surface area contributed by atoms with Crippen LogP contribution >= 0.6 is 11.6 Å². The van der Waals surface area contributed by atoms with Crippen LogP contribution in [0.4, 0.5) is 15.0 Å². The molecule has 0 aliphatic carbocycles. The highest BCUT2D eigenvalue weighted by Gasteiger charge is 2.27. The number of anilines is 1. The SMILES string of the molecule is O=C(O)OC1CCOc2cc(Oc3ccc(C(=O)Nc4cccc(-c5ccc(F)cc5)n4)cc3)c(Cl)cc21. The lowest BCUT2D eigenvalue weighted by molar-refractivity contribution is 0.0326. The Morgan fingerprint density at radius 3 is 2.55 bits per heavy atom. The fourth-order valence-electron chi connectivity index (χ4n) is 3.96. The third kappa shape index (κ3) is 5.68. The highest BCUT2D eigenvalue weighted by Crippen LogP contribution is 2.42. The predicted octanol–water partition coefficient (Wildman–Crippen LogP) is 7.10. The quantitative estimate of drug-likeness (QED) is 0.254. The van der Waals surface area contributed by atoms with Gasteiger partial charge in [-0.1, -0.05) is 17.7 Å². The summed E-state index contributed by atoms with van der Waals surface area (Å²) < 4.78 is 29.6. The zero-order valence-electron chi connectivity index (χ0n) is 19.7. The van der Waals surface area contributed by atoms with Crippen molar-refractivity contribution >= 4 is 29.5 Å². The van der Waals surface area contributed by atoms with Crippen molar-refractivity contribution < 1.29 is 33.3 Å². The van der Waals surface area contributed by atoms with Gasteiger partial charge < -0.3 is 24.6 Å². The van der Waals surface area contributed by atoms with Gasteiger partial charge in [0.15, 0.2) is 0 Å². The van der Waals surface area contributed by atoms with Crippen LogP contribution in [0.1, 0.15) is 28.4 Å². The normalized spacial score (nSPS) is 14.1. The van der Waals surface area contributed by atoms with Crippen molar-refractivity contribution in [2.75, 3.05) is 11.9 Å². The maximum absolute atomic E-state index is 13.2. The average Bonchev–Trinajstić information content (AvgIpc) is 2.90. The summed E-state index contributed by atoms with van der Waals surface area (Å²) in [5.74, 6) is 0.794. The Labute approximate surface area is 221 Å². The number of hydrogen-bond donors (Lipinski definition) is 2. The highest BCUT2D eigenvalue weighted by molar-refractivity contribution is 6.32. The summed E-state index contributed by atoms with van der Waals surface area (Å²) in [5.41, 5.74) is 2.22. The molecule has 0 spiro atoms. The molecule has 2 N–H and O–H groups in total. The molecule has 1 aliphatic rings. The zero-order valence-corrected chi connectivity index (χ0v) is 20.4. The molecule has 1 atom stereocenters. The molecular formula is C28H20ClFN2O6. The smallest absolute Gasteiger partial charge is 0.493 e. The number of ether oxygens (including phenoxy) is 3. The Bertz CT molecular complexity index is 1490. The van der Waals surface area contributed by atoms with E-state index in [-0.39, 0.29) is 23.4 Å². The lowest BCUT2D eigenvalue weighted by Gasteiger charge is -2.25. The highest BCUT2D eigenvalue weighted by atomic mass is 35.5. The molecular weight excluding hydrogens is 515 g/mol. The van der Waals surface area contributed by atoms with Gasteiger partial charge in [-0.3, -0.25) is 4.79 Å². The number of pyridine rings is 1. The number of benzene rings is 3. The van der Waals surface area contributed by atoms with Crippen molar-refractivity contribution in [3.63, 3.8) is 0 Å². The monoisotopic (exact) mass is 534 g/mol. The summed E-state index contributed by atoms with van der Waals surface area (Å²) >= 11 is 6.38. The molecule has 5 rings (SSSR count). The van der Waals surface area contributed by atoms with E-state index in [1.807, 2.05) is 0 Å². The van der Waals surface area contributed by atoms with Gasteiger partial charge in [0.2, 0.25) is 0 Å². The van der Waals surface area contributed by atoms with Crippen LogP contribution in [0.2, 0.25) is 5.02 Å². The second-order valence-corrected chi connectivity index (χ2v) is 8.73. The van der Waals surface area contributed by atoms with Gasteiger partial charge in [0.05, 0.1) is 17.3 Å². The first-order chi connectivity index (χ1) is 18.4. The molecule has 0 saturated carbocycles. The first-order valence-corrected chi connectivity index (χ1v) is 11.9. The van der Waals surface area contributed by atoms with E-state index in [1.54, 1.807) is 66.7 Å². The van der Waals surface area contributed by atoms with Crippen molar-refractivity contribution in [1.82, 2.24) is 4.98 Å². The minimum Gasteiger partial charge on any atom is -0.493 e. The maximum atomic E-state index is 13.2. The lowest BCUT2D eigenvalue weighted by atomic mass is 10.0. The van der Waals surface area contributed by atoms with Gasteiger partial charge >= 0.3 is 6.16 Å². The second kappa shape index (κ2) is 10.8. The van der Waals surface area contributed by atoms with E-state index in [9.17, 15) is 14.0 Å². The predicted molar refractivity (Wildman–Crippen MR) is 138 cm³/mol. The summed E-state index contributed by atoms with van der Waals surface area (Å²) in [6.45, 7) is 0.289. The Hall–Kier alpha value is -4.63. The minimum atomic E-state index is -1.38. The molecule has 1 unspecified atom stereocenters. The molecule has 4 aromatic rings. The largest absolute Gasteiger partial charge is 0.506 e. The number of carbonyl (C=O) groups excluding carboxylic acids is 1. The summed E-state index contributed by atoms with van der Waals surface area (Å²) in [6, 6.07) is 20.7. The zero-order chi connectivity index (χ0) is 26.6. The average molecular weight is 535 g/mol. The molecule has 1 aromatic heterocycles. The number of fused-ring (bicyclic) bond motifs is 1. The first-order valence-electron chi connectivity index (χ1n) is 11.5. The number of carbonyl (C=O) groups is 2. The number of rotatable bonds is 6. The summed E-state index contributed by atoms with van der Waals surface area (Å²) in [5, 5.41) is 12.0. The fourth-order valence-corrected chi connectivity index (χ4v) is 4.17. The number of nitrogens with zero attached hydrogens (tertiary/aromatic N) is 1. The van der Waals surface area contributed by atoms with E-state index in [0.717, 1.165) is 5.56 Å². The van der Waals surface area contributed by atoms with Crippen LogP contribution in [0, 0.1) is 5.82 Å². The minimum absolute atomic E-state index is 0.252. The second-order valence-electron chi connectivity index (χ2n) is 8.33. The van der Waals surface area contributed by atoms with Crippen molar-refractivity contribution in [2.45, 2.75) is 12.5 Å². The number of hydrogen-bond acceptors (Lipinski definition) is 6. The van der Waals surface area contributed by atoms with Crippen molar-refractivity contribution in [3.8, 4) is 28.5 Å².